The van der Waals surface area contributed by atoms with Crippen LogP contribution in [0, 0.1) is 0 Å². The average molecular weight is 649 g/mol. The third-order valence-corrected chi connectivity index (χ3v) is 14.2. The van der Waals surface area contributed by atoms with Crippen LogP contribution in [0.2, 0.25) is 0 Å². The molecule has 0 fully saturated rings. The molecule has 0 saturated heterocycles. The Morgan fingerprint density at radius 2 is 0.727 bits per heavy atom. The first-order valence-corrected chi connectivity index (χ1v) is 20.2. The SMILES string of the molecule is O=C(CSCSCC(=O)SCSCSCSC(=O)CSCSCC(=O)SCCO)SCCO. The number of carbonyl (C=O) groups excluding carboxylic acids is 4. The molecule has 0 atom stereocenters. The van der Waals surface area contributed by atoms with Crippen LogP contribution in [0.5, 0.6) is 0 Å². The average Bonchev–Trinajstić information content (AvgIpc) is 2.80. The minimum absolute atomic E-state index is 0.00596. The van der Waals surface area contributed by atoms with Crippen molar-refractivity contribution in [1.82, 2.24) is 0 Å². The molecule has 16 heteroatoms. The van der Waals surface area contributed by atoms with Gasteiger partial charge in [0.05, 0.1) is 36.2 Å². The standard InChI is InChI=1S/C17H28O6S10/c18-1-3-30-14(20)5-24-9-26-7-16(22)32-12-28-11-29-13-33-17(23)8-27-10-25-6-15(21)31-4-2-19/h18-19H,1-13H2. The van der Waals surface area contributed by atoms with E-state index >= 15 is 0 Å². The second-order valence-electron chi connectivity index (χ2n) is 5.31. The zero-order valence-electron chi connectivity index (χ0n) is 17.8. The van der Waals surface area contributed by atoms with Crippen molar-refractivity contribution in [2.24, 2.45) is 0 Å². The zero-order valence-corrected chi connectivity index (χ0v) is 26.0. The molecule has 0 aliphatic rings. The van der Waals surface area contributed by atoms with Crippen LogP contribution in [0.25, 0.3) is 0 Å². The summed E-state index contributed by atoms with van der Waals surface area (Å²) in [5.74, 6) is 2.52. The molecule has 0 spiro atoms. The van der Waals surface area contributed by atoms with E-state index in [1.54, 1.807) is 23.5 Å². The van der Waals surface area contributed by atoms with E-state index in [1.165, 1.54) is 70.6 Å². The number of thioether (sulfide) groups is 10. The predicted molar refractivity (Wildman–Crippen MR) is 164 cm³/mol. The van der Waals surface area contributed by atoms with Crippen molar-refractivity contribution < 1.29 is 29.4 Å². The van der Waals surface area contributed by atoms with Gasteiger partial charge in [0.2, 0.25) is 0 Å². The van der Waals surface area contributed by atoms with E-state index in [-0.39, 0.29) is 33.7 Å². The highest BCUT2D eigenvalue weighted by Gasteiger charge is 2.07. The molecule has 0 amide bonds. The molecule has 0 aromatic heterocycles. The van der Waals surface area contributed by atoms with Gasteiger partial charge in [0.1, 0.15) is 0 Å². The van der Waals surface area contributed by atoms with Crippen LogP contribution in [0.4, 0.5) is 0 Å². The number of hydrogen-bond donors (Lipinski definition) is 2. The molecule has 0 aromatic carbocycles. The van der Waals surface area contributed by atoms with Crippen molar-refractivity contribution in [3.05, 3.63) is 0 Å². The van der Waals surface area contributed by atoms with Gasteiger partial charge in [-0.2, -0.15) is 0 Å². The monoisotopic (exact) mass is 648 g/mol. The molecule has 33 heavy (non-hydrogen) atoms. The molecule has 0 aliphatic carbocycles. The first-order chi connectivity index (χ1) is 16.0. The molecular formula is C17H28O6S10. The highest BCUT2D eigenvalue weighted by atomic mass is 32.3. The lowest BCUT2D eigenvalue weighted by molar-refractivity contribution is -0.109. The smallest absolute Gasteiger partial charge is 0.199 e. The third-order valence-electron chi connectivity index (χ3n) is 2.69. The van der Waals surface area contributed by atoms with Gasteiger partial charge in [-0.25, -0.2) is 0 Å². The van der Waals surface area contributed by atoms with E-state index in [1.807, 2.05) is 0 Å². The molecule has 6 nitrogen and oxygen atoms in total. The van der Waals surface area contributed by atoms with Crippen molar-refractivity contribution in [2.45, 2.75) is 0 Å². The van der Waals surface area contributed by atoms with Crippen molar-refractivity contribution in [1.29, 1.82) is 0 Å². The van der Waals surface area contributed by atoms with E-state index in [0.29, 0.717) is 54.9 Å². The summed E-state index contributed by atoms with van der Waals surface area (Å²) in [6.07, 6.45) is 0. The summed E-state index contributed by atoms with van der Waals surface area (Å²) in [7, 11) is 0. The van der Waals surface area contributed by atoms with Crippen LogP contribution in [-0.4, -0.2) is 104 Å². The van der Waals surface area contributed by atoms with Crippen molar-refractivity contribution in [3.8, 4) is 0 Å². The summed E-state index contributed by atoms with van der Waals surface area (Å²) in [4.78, 5) is 46.5. The normalized spacial score (nSPS) is 11.0. The van der Waals surface area contributed by atoms with E-state index in [9.17, 15) is 19.2 Å². The Morgan fingerprint density at radius 3 is 1.06 bits per heavy atom. The minimum Gasteiger partial charge on any atom is -0.396 e. The topological polar surface area (TPSA) is 109 Å². The Hall–Kier alpha value is 2.10. The zero-order chi connectivity index (χ0) is 24.6. The Balaban J connectivity index is 3.40. The molecule has 0 aromatic rings. The number of rotatable bonds is 22. The van der Waals surface area contributed by atoms with Crippen molar-refractivity contribution in [3.63, 3.8) is 0 Å². The molecule has 0 saturated carbocycles. The summed E-state index contributed by atoms with van der Waals surface area (Å²) in [6.45, 7) is 0.0119. The van der Waals surface area contributed by atoms with Crippen LogP contribution < -0.4 is 0 Å². The van der Waals surface area contributed by atoms with Gasteiger partial charge in [0.25, 0.3) is 0 Å². The second-order valence-corrected chi connectivity index (χ2v) is 17.4. The molecule has 0 radical (unpaired) electrons. The fraction of sp³-hybridized carbons (Fsp3) is 0.765. The molecule has 0 aliphatic heterocycles. The number of aliphatic hydroxyl groups excluding tert-OH is 2. The fourth-order valence-electron chi connectivity index (χ4n) is 1.45. The lowest BCUT2D eigenvalue weighted by Gasteiger charge is -2.03. The van der Waals surface area contributed by atoms with Crippen LogP contribution in [-0.2, 0) is 19.2 Å². The molecule has 0 heterocycles. The van der Waals surface area contributed by atoms with Crippen molar-refractivity contribution in [2.75, 3.05) is 73.2 Å². The minimum atomic E-state index is 0.00596. The molecule has 0 rings (SSSR count). The van der Waals surface area contributed by atoms with Gasteiger partial charge in [0, 0.05) is 36.9 Å². The van der Waals surface area contributed by atoms with E-state index in [2.05, 4.69) is 0 Å². The van der Waals surface area contributed by atoms with Gasteiger partial charge in [0.15, 0.2) is 20.5 Å². The quantitative estimate of drug-likeness (QED) is 0.129. The van der Waals surface area contributed by atoms with Gasteiger partial charge in [-0.1, -0.05) is 47.0 Å². The Morgan fingerprint density at radius 1 is 0.424 bits per heavy atom. The molecule has 0 bridgehead atoms. The summed E-state index contributed by atoms with van der Waals surface area (Å²) in [5, 5.41) is 21.3. The highest BCUT2D eigenvalue weighted by molar-refractivity contribution is 8.31. The van der Waals surface area contributed by atoms with Crippen LogP contribution in [0.3, 0.4) is 0 Å². The van der Waals surface area contributed by atoms with E-state index in [0.717, 1.165) is 28.6 Å². The van der Waals surface area contributed by atoms with Crippen molar-refractivity contribution >= 4 is 138 Å². The van der Waals surface area contributed by atoms with Crippen LogP contribution >= 0.6 is 118 Å². The van der Waals surface area contributed by atoms with Crippen LogP contribution in [0.15, 0.2) is 0 Å². The van der Waals surface area contributed by atoms with Gasteiger partial charge in [-0.3, -0.25) is 19.2 Å². The van der Waals surface area contributed by atoms with E-state index < -0.39 is 0 Å². The maximum Gasteiger partial charge on any atom is 0.199 e. The Labute approximate surface area is 238 Å². The third kappa shape index (κ3) is 27.0. The molecular weight excluding hydrogens is 621 g/mol. The van der Waals surface area contributed by atoms with Gasteiger partial charge in [-0.05, 0) is 0 Å². The summed E-state index contributed by atoms with van der Waals surface area (Å²) < 4.78 is 0. The first-order valence-electron chi connectivity index (χ1n) is 9.30. The van der Waals surface area contributed by atoms with Gasteiger partial charge < -0.3 is 10.2 Å². The summed E-state index contributed by atoms with van der Waals surface area (Å²) in [6, 6.07) is 0. The molecule has 2 N–H and O–H groups in total. The predicted octanol–water partition coefficient (Wildman–Crippen LogP) is 4.20. The summed E-state index contributed by atoms with van der Waals surface area (Å²) >= 11 is 14.2. The maximum absolute atomic E-state index is 11.8. The largest absolute Gasteiger partial charge is 0.396 e. The van der Waals surface area contributed by atoms with Gasteiger partial charge in [-0.15, -0.1) is 70.6 Å². The van der Waals surface area contributed by atoms with Gasteiger partial charge >= 0.3 is 0 Å². The Bertz CT molecular complexity index is 508. The second kappa shape index (κ2) is 27.1. The maximum atomic E-state index is 11.8. The van der Waals surface area contributed by atoms with E-state index in [4.69, 9.17) is 10.2 Å². The number of carbonyl (C=O) groups is 4. The highest BCUT2D eigenvalue weighted by Crippen LogP contribution is 2.24. The molecule has 0 unspecified atom stereocenters. The first kappa shape index (κ1) is 35.1. The fourth-order valence-corrected chi connectivity index (χ4v) is 11.3. The Kier molecular flexibility index (Phi) is 28.9. The summed E-state index contributed by atoms with van der Waals surface area (Å²) in [5.41, 5.74) is 0. The van der Waals surface area contributed by atoms with Crippen LogP contribution in [0.1, 0.15) is 0 Å². The number of hydrogen-bond acceptors (Lipinski definition) is 16. The number of aliphatic hydroxyl groups is 2. The lowest BCUT2D eigenvalue weighted by Crippen LogP contribution is -2.00. The lowest BCUT2D eigenvalue weighted by atomic mass is 10.9. The molecule has 192 valence electrons.